The summed E-state index contributed by atoms with van der Waals surface area (Å²) in [5.41, 5.74) is 1.59. The molecular weight excluding hydrogens is 360 g/mol. The first-order chi connectivity index (χ1) is 12.4. The Morgan fingerprint density at radius 2 is 1.88 bits per heavy atom. The first kappa shape index (κ1) is 20.0. The molecule has 0 aliphatic heterocycles. The van der Waals surface area contributed by atoms with E-state index < -0.39 is 12.0 Å². The lowest BCUT2D eigenvalue weighted by molar-refractivity contribution is 0.0503. The van der Waals surface area contributed by atoms with Crippen molar-refractivity contribution in [3.05, 3.63) is 46.5 Å². The molecule has 0 saturated carbocycles. The summed E-state index contributed by atoms with van der Waals surface area (Å²) in [6.07, 6.45) is -0.232. The Kier molecular flexibility index (Phi) is 7.26. The van der Waals surface area contributed by atoms with Crippen LogP contribution < -0.4 is 4.74 Å². The summed E-state index contributed by atoms with van der Waals surface area (Å²) in [5.74, 6) is 0.322. The Morgan fingerprint density at radius 1 is 1.19 bits per heavy atom. The summed E-state index contributed by atoms with van der Waals surface area (Å²) in [4.78, 5) is 17.1. The Bertz CT molecular complexity index is 781. The summed E-state index contributed by atoms with van der Waals surface area (Å²) in [6, 6.07) is 7.43. The number of methoxy groups -OCH3 is 1. The minimum absolute atomic E-state index is 0.0822. The van der Waals surface area contributed by atoms with Crippen molar-refractivity contribution in [3.63, 3.8) is 0 Å². The third-order valence-corrected chi connectivity index (χ3v) is 5.01. The van der Waals surface area contributed by atoms with E-state index >= 15 is 0 Å². The van der Waals surface area contributed by atoms with Gasteiger partial charge in [0.2, 0.25) is 0 Å². The maximum absolute atomic E-state index is 12.3. The molecule has 1 aromatic carbocycles. The molecule has 4 nitrogen and oxygen atoms in total. The van der Waals surface area contributed by atoms with Crippen LogP contribution in [0.3, 0.4) is 0 Å². The number of halogens is 2. The van der Waals surface area contributed by atoms with E-state index in [1.165, 1.54) is 18.3 Å². The fourth-order valence-corrected chi connectivity index (χ4v) is 3.23. The molecule has 0 amide bonds. The second-order valence-electron chi connectivity index (χ2n) is 5.80. The van der Waals surface area contributed by atoms with Gasteiger partial charge in [0, 0.05) is 5.56 Å². The first-order valence-corrected chi connectivity index (χ1v) is 9.03. The van der Waals surface area contributed by atoms with Gasteiger partial charge in [0.15, 0.2) is 0 Å². The van der Waals surface area contributed by atoms with Crippen molar-refractivity contribution < 1.29 is 23.0 Å². The summed E-state index contributed by atoms with van der Waals surface area (Å²) < 4.78 is 35.0. The highest BCUT2D eigenvalue weighted by Gasteiger charge is 2.17. The second kappa shape index (κ2) is 9.43. The SMILES string of the molecule is COc1ccc(-c2nc(C)c(C(=O)OCCCCC(C)=C(F)F)s2)cc1. The largest absolute Gasteiger partial charge is 0.497 e. The van der Waals surface area contributed by atoms with Crippen molar-refractivity contribution in [2.24, 2.45) is 0 Å². The number of hydrogen-bond donors (Lipinski definition) is 0. The normalized spacial score (nSPS) is 10.5. The molecule has 0 bridgehead atoms. The van der Waals surface area contributed by atoms with Gasteiger partial charge in [0.1, 0.15) is 15.6 Å². The molecule has 1 heterocycles. The summed E-state index contributed by atoms with van der Waals surface area (Å²) in [5, 5.41) is 0.733. The second-order valence-corrected chi connectivity index (χ2v) is 6.79. The zero-order chi connectivity index (χ0) is 19.1. The van der Waals surface area contributed by atoms with Gasteiger partial charge in [-0.3, -0.25) is 0 Å². The molecule has 0 atom stereocenters. The van der Waals surface area contributed by atoms with E-state index in [0.717, 1.165) is 16.3 Å². The number of carbonyl (C=O) groups is 1. The number of allylic oxidation sites excluding steroid dienone is 1. The standard InChI is InChI=1S/C19H21F2NO3S/c1-12(17(20)21)6-4-5-11-25-19(23)16-13(2)22-18(26-16)14-7-9-15(24-3)10-8-14/h7-10H,4-6,11H2,1-3H3. The molecule has 2 rings (SSSR count). The Labute approximate surface area is 155 Å². The summed E-state index contributed by atoms with van der Waals surface area (Å²) in [6.45, 7) is 3.37. The molecule has 0 saturated heterocycles. The van der Waals surface area contributed by atoms with Crippen LogP contribution in [-0.4, -0.2) is 24.7 Å². The minimum atomic E-state index is -1.63. The lowest BCUT2D eigenvalue weighted by Crippen LogP contribution is -2.06. The molecule has 0 aliphatic carbocycles. The average Bonchev–Trinajstić information content (AvgIpc) is 3.02. The van der Waals surface area contributed by atoms with E-state index in [1.54, 1.807) is 14.0 Å². The number of aromatic nitrogens is 1. The van der Waals surface area contributed by atoms with Gasteiger partial charge in [0.05, 0.1) is 19.4 Å². The van der Waals surface area contributed by atoms with E-state index in [2.05, 4.69) is 4.98 Å². The molecule has 0 radical (unpaired) electrons. The van der Waals surface area contributed by atoms with E-state index in [0.29, 0.717) is 29.8 Å². The Balaban J connectivity index is 1.91. The third kappa shape index (κ3) is 5.36. The average molecular weight is 381 g/mol. The monoisotopic (exact) mass is 381 g/mol. The van der Waals surface area contributed by atoms with Crippen LogP contribution in [-0.2, 0) is 4.74 Å². The molecule has 0 spiro atoms. The van der Waals surface area contributed by atoms with Gasteiger partial charge >= 0.3 is 5.97 Å². The molecule has 140 valence electrons. The molecule has 26 heavy (non-hydrogen) atoms. The Hall–Kier alpha value is -2.28. The first-order valence-electron chi connectivity index (χ1n) is 8.22. The van der Waals surface area contributed by atoms with Crippen molar-refractivity contribution in [2.45, 2.75) is 33.1 Å². The Morgan fingerprint density at radius 3 is 2.50 bits per heavy atom. The van der Waals surface area contributed by atoms with Gasteiger partial charge < -0.3 is 9.47 Å². The summed E-state index contributed by atoms with van der Waals surface area (Å²) in [7, 11) is 1.60. The van der Waals surface area contributed by atoms with Gasteiger partial charge in [-0.1, -0.05) is 0 Å². The van der Waals surface area contributed by atoms with Crippen LogP contribution in [0.4, 0.5) is 8.78 Å². The number of ether oxygens (including phenoxy) is 2. The van der Waals surface area contributed by atoms with Crippen LogP contribution in [0.15, 0.2) is 35.9 Å². The number of unbranched alkanes of at least 4 members (excludes halogenated alkanes) is 1. The quantitative estimate of drug-likeness (QED) is 0.439. The van der Waals surface area contributed by atoms with Crippen LogP contribution in [0.1, 0.15) is 41.6 Å². The van der Waals surface area contributed by atoms with Gasteiger partial charge in [-0.15, -0.1) is 11.3 Å². The number of benzene rings is 1. The summed E-state index contributed by atoms with van der Waals surface area (Å²) >= 11 is 1.27. The number of esters is 1. The van der Waals surface area contributed by atoms with E-state index in [-0.39, 0.29) is 12.2 Å². The number of nitrogens with zero attached hydrogens (tertiary/aromatic N) is 1. The molecule has 2 aromatic rings. The molecule has 1 aromatic heterocycles. The van der Waals surface area contributed by atoms with Gasteiger partial charge in [-0.2, -0.15) is 8.78 Å². The maximum atomic E-state index is 12.3. The van der Waals surface area contributed by atoms with Crippen molar-refractivity contribution >= 4 is 17.3 Å². The smallest absolute Gasteiger partial charge is 0.350 e. The van der Waals surface area contributed by atoms with Crippen LogP contribution in [0.5, 0.6) is 5.75 Å². The molecule has 0 aliphatic rings. The number of aryl methyl sites for hydroxylation is 1. The zero-order valence-electron chi connectivity index (χ0n) is 15.0. The lowest BCUT2D eigenvalue weighted by atomic mass is 10.1. The van der Waals surface area contributed by atoms with Crippen LogP contribution in [0.25, 0.3) is 10.6 Å². The highest BCUT2D eigenvalue weighted by atomic mass is 32.1. The van der Waals surface area contributed by atoms with Crippen molar-refractivity contribution in [3.8, 4) is 16.3 Å². The maximum Gasteiger partial charge on any atom is 0.350 e. The van der Waals surface area contributed by atoms with Gasteiger partial charge in [-0.25, -0.2) is 9.78 Å². The molecule has 0 N–H and O–H groups in total. The third-order valence-electron chi connectivity index (χ3n) is 3.82. The zero-order valence-corrected chi connectivity index (χ0v) is 15.8. The van der Waals surface area contributed by atoms with Gasteiger partial charge in [-0.05, 0) is 62.9 Å². The molecule has 7 heteroatoms. The van der Waals surface area contributed by atoms with Crippen LogP contribution in [0.2, 0.25) is 0 Å². The van der Waals surface area contributed by atoms with Crippen LogP contribution in [0, 0.1) is 6.92 Å². The highest BCUT2D eigenvalue weighted by Crippen LogP contribution is 2.29. The van der Waals surface area contributed by atoms with Crippen molar-refractivity contribution in [1.29, 1.82) is 0 Å². The van der Waals surface area contributed by atoms with Crippen LogP contribution >= 0.6 is 11.3 Å². The molecule has 0 unspecified atom stereocenters. The fraction of sp³-hybridized carbons (Fsp3) is 0.368. The lowest BCUT2D eigenvalue weighted by Gasteiger charge is -2.04. The topological polar surface area (TPSA) is 48.4 Å². The molecule has 0 fully saturated rings. The fourth-order valence-electron chi connectivity index (χ4n) is 2.26. The number of carbonyl (C=O) groups excluding carboxylic acids is 1. The predicted molar refractivity (Wildman–Crippen MR) is 97.9 cm³/mol. The van der Waals surface area contributed by atoms with Crippen molar-refractivity contribution in [2.75, 3.05) is 13.7 Å². The predicted octanol–water partition coefficient (Wildman–Crippen LogP) is 5.62. The number of hydrogen-bond acceptors (Lipinski definition) is 5. The molecular formula is C19H21F2NO3S. The van der Waals surface area contributed by atoms with Crippen molar-refractivity contribution in [1.82, 2.24) is 4.98 Å². The number of rotatable bonds is 8. The number of thiazole rings is 1. The van der Waals surface area contributed by atoms with Gasteiger partial charge in [0.25, 0.3) is 6.08 Å². The highest BCUT2D eigenvalue weighted by molar-refractivity contribution is 7.17. The van der Waals surface area contributed by atoms with E-state index in [1.807, 2.05) is 24.3 Å². The van der Waals surface area contributed by atoms with E-state index in [4.69, 9.17) is 9.47 Å². The minimum Gasteiger partial charge on any atom is -0.497 e. The van der Waals surface area contributed by atoms with E-state index in [9.17, 15) is 13.6 Å².